The van der Waals surface area contributed by atoms with Gasteiger partial charge in [-0.1, -0.05) is 48.5 Å². The number of hydrogen-bond donors (Lipinski definition) is 1. The molecule has 2 atom stereocenters. The molecule has 0 bridgehead atoms. The van der Waals surface area contributed by atoms with Crippen LogP contribution in [0, 0.1) is 0 Å². The number of esters is 1. The Kier molecular flexibility index (Phi) is 7.00. The van der Waals surface area contributed by atoms with E-state index in [1.807, 2.05) is 30.3 Å². The molecule has 0 radical (unpaired) electrons. The van der Waals surface area contributed by atoms with Gasteiger partial charge in [0, 0.05) is 25.0 Å². The zero-order valence-corrected chi connectivity index (χ0v) is 16.6. The minimum Gasteiger partial charge on any atom is -0.465 e. The largest absolute Gasteiger partial charge is 0.465 e. The second-order valence-electron chi connectivity index (χ2n) is 6.40. The van der Waals surface area contributed by atoms with Gasteiger partial charge in [0.05, 0.1) is 18.4 Å². The number of halogens is 1. The number of nitrogens with two attached hydrogens (primary N) is 1. The number of carbonyl (C=O) groups is 1. The van der Waals surface area contributed by atoms with Crippen LogP contribution in [0.3, 0.4) is 0 Å². The summed E-state index contributed by atoms with van der Waals surface area (Å²) in [5.74, 6) is -0.843. The van der Waals surface area contributed by atoms with Gasteiger partial charge in [-0.05, 0) is 17.2 Å². The molecular weight excluding hydrogens is 388 g/mol. The monoisotopic (exact) mass is 410 g/mol. The minimum absolute atomic E-state index is 0. The molecule has 146 valence electrons. The lowest BCUT2D eigenvalue weighted by molar-refractivity contribution is 0.0600. The van der Waals surface area contributed by atoms with Gasteiger partial charge in [0.15, 0.2) is 0 Å². The number of carbonyl (C=O) groups excluding carboxylic acids is 1. The van der Waals surface area contributed by atoms with Gasteiger partial charge in [-0.2, -0.15) is 4.31 Å². The summed E-state index contributed by atoms with van der Waals surface area (Å²) in [6.45, 7) is 0.607. The van der Waals surface area contributed by atoms with Crippen LogP contribution in [0.2, 0.25) is 0 Å². The number of ether oxygens (including phenoxy) is 1. The quantitative estimate of drug-likeness (QED) is 0.763. The maximum absolute atomic E-state index is 12.9. The lowest BCUT2D eigenvalue weighted by atomic mass is 9.95. The van der Waals surface area contributed by atoms with Crippen molar-refractivity contribution >= 4 is 28.4 Å². The van der Waals surface area contributed by atoms with E-state index in [4.69, 9.17) is 10.5 Å². The summed E-state index contributed by atoms with van der Waals surface area (Å²) in [5, 5.41) is 0. The first kappa shape index (κ1) is 21.4. The average Bonchev–Trinajstić information content (AvgIpc) is 3.05. The molecule has 2 N–H and O–H groups in total. The van der Waals surface area contributed by atoms with Gasteiger partial charge in [-0.15, -0.1) is 12.4 Å². The Hall–Kier alpha value is -1.93. The van der Waals surface area contributed by atoms with Crippen molar-refractivity contribution in [3.05, 3.63) is 71.3 Å². The molecule has 0 unspecified atom stereocenters. The molecule has 1 aliphatic rings. The number of rotatable bonds is 5. The number of methoxy groups -OCH3 is 1. The summed E-state index contributed by atoms with van der Waals surface area (Å²) in [5.41, 5.74) is 7.94. The fraction of sp³-hybridized carbons (Fsp3) is 0.316. The Labute approximate surface area is 165 Å². The summed E-state index contributed by atoms with van der Waals surface area (Å²) in [4.78, 5) is 11.9. The maximum atomic E-state index is 12.9. The number of nitrogens with zero attached hydrogens (tertiary/aromatic N) is 1. The molecule has 0 saturated carbocycles. The lowest BCUT2D eigenvalue weighted by Crippen LogP contribution is -2.33. The van der Waals surface area contributed by atoms with Gasteiger partial charge in [0.25, 0.3) is 0 Å². The highest BCUT2D eigenvalue weighted by Crippen LogP contribution is 2.29. The molecule has 1 fully saturated rings. The van der Waals surface area contributed by atoms with Crippen molar-refractivity contribution in [3.63, 3.8) is 0 Å². The number of sulfonamides is 1. The van der Waals surface area contributed by atoms with Crippen molar-refractivity contribution in [1.29, 1.82) is 0 Å². The highest BCUT2D eigenvalue weighted by Gasteiger charge is 2.37. The van der Waals surface area contributed by atoms with Crippen molar-refractivity contribution in [2.45, 2.75) is 17.7 Å². The Morgan fingerprint density at radius 3 is 2.41 bits per heavy atom. The Balaban J connectivity index is 0.00000261. The summed E-state index contributed by atoms with van der Waals surface area (Å²) in [6, 6.07) is 16.0. The van der Waals surface area contributed by atoms with Crippen molar-refractivity contribution < 1.29 is 17.9 Å². The molecule has 0 aromatic heterocycles. The van der Waals surface area contributed by atoms with Gasteiger partial charge in [-0.25, -0.2) is 13.2 Å². The topological polar surface area (TPSA) is 89.7 Å². The van der Waals surface area contributed by atoms with Crippen LogP contribution in [-0.2, 0) is 20.5 Å². The molecule has 2 aromatic carbocycles. The summed E-state index contributed by atoms with van der Waals surface area (Å²) in [7, 11) is -2.33. The molecule has 1 aliphatic heterocycles. The Morgan fingerprint density at radius 1 is 1.11 bits per heavy atom. The molecule has 3 rings (SSSR count). The van der Waals surface area contributed by atoms with Crippen molar-refractivity contribution in [2.24, 2.45) is 5.73 Å². The van der Waals surface area contributed by atoms with Crippen LogP contribution >= 0.6 is 12.4 Å². The molecule has 6 nitrogen and oxygen atoms in total. The SMILES string of the molecule is COC(=O)c1ccccc1CS(=O)(=O)N1C[C@@H](N)[C@H](c2ccccc2)C1.Cl. The van der Waals surface area contributed by atoms with Crippen LogP contribution < -0.4 is 5.73 Å². The zero-order valence-electron chi connectivity index (χ0n) is 14.9. The van der Waals surface area contributed by atoms with Crippen molar-refractivity contribution in [2.75, 3.05) is 20.2 Å². The Bertz CT molecular complexity index is 890. The molecule has 1 saturated heterocycles. The molecule has 0 aliphatic carbocycles. The third kappa shape index (κ3) is 4.68. The van der Waals surface area contributed by atoms with E-state index in [0.717, 1.165) is 5.56 Å². The van der Waals surface area contributed by atoms with Gasteiger partial charge in [0.2, 0.25) is 10.0 Å². The van der Waals surface area contributed by atoms with Crippen LogP contribution in [0.1, 0.15) is 27.4 Å². The number of hydrogen-bond acceptors (Lipinski definition) is 5. The van der Waals surface area contributed by atoms with Gasteiger partial charge >= 0.3 is 5.97 Å². The summed E-state index contributed by atoms with van der Waals surface area (Å²) < 4.78 is 32.0. The first-order valence-corrected chi connectivity index (χ1v) is 9.98. The van der Waals surface area contributed by atoms with E-state index in [9.17, 15) is 13.2 Å². The van der Waals surface area contributed by atoms with Crippen LogP contribution in [-0.4, -0.2) is 44.9 Å². The van der Waals surface area contributed by atoms with Gasteiger partial charge in [-0.3, -0.25) is 0 Å². The van der Waals surface area contributed by atoms with Crippen LogP contribution in [0.5, 0.6) is 0 Å². The fourth-order valence-corrected chi connectivity index (χ4v) is 4.93. The van der Waals surface area contributed by atoms with E-state index in [1.54, 1.807) is 24.3 Å². The smallest absolute Gasteiger partial charge is 0.338 e. The highest BCUT2D eigenvalue weighted by molar-refractivity contribution is 7.88. The van der Waals surface area contributed by atoms with E-state index in [0.29, 0.717) is 12.1 Å². The van der Waals surface area contributed by atoms with Crippen LogP contribution in [0.15, 0.2) is 54.6 Å². The molecule has 8 heteroatoms. The third-order valence-electron chi connectivity index (χ3n) is 4.71. The maximum Gasteiger partial charge on any atom is 0.338 e. The van der Waals surface area contributed by atoms with Crippen molar-refractivity contribution in [1.82, 2.24) is 4.31 Å². The number of benzene rings is 2. The molecule has 27 heavy (non-hydrogen) atoms. The molecule has 0 spiro atoms. The first-order chi connectivity index (χ1) is 12.4. The van der Waals surface area contributed by atoms with E-state index in [1.165, 1.54) is 11.4 Å². The predicted octanol–water partition coefficient (Wildman–Crippen LogP) is 2.15. The summed E-state index contributed by atoms with van der Waals surface area (Å²) in [6.07, 6.45) is 0. The second-order valence-corrected chi connectivity index (χ2v) is 8.37. The normalized spacial score (nSPS) is 20.1. The van der Waals surface area contributed by atoms with E-state index < -0.39 is 16.0 Å². The molecular formula is C19H23ClN2O4S. The van der Waals surface area contributed by atoms with E-state index >= 15 is 0 Å². The first-order valence-electron chi connectivity index (χ1n) is 8.37. The fourth-order valence-electron chi connectivity index (χ4n) is 3.31. The highest BCUT2D eigenvalue weighted by atomic mass is 35.5. The van der Waals surface area contributed by atoms with Crippen molar-refractivity contribution in [3.8, 4) is 0 Å². The lowest BCUT2D eigenvalue weighted by Gasteiger charge is -2.17. The Morgan fingerprint density at radius 2 is 1.74 bits per heavy atom. The third-order valence-corrected chi connectivity index (χ3v) is 6.47. The second kappa shape index (κ2) is 8.84. The molecule has 0 amide bonds. The standard InChI is InChI=1S/C19H22N2O4S.ClH/c1-25-19(22)16-10-6-5-9-15(16)13-26(23,24)21-11-17(18(20)12-21)14-7-3-2-4-8-14;/h2-10,17-18H,11-13,20H2,1H3;1H/t17-,18+;/m0./s1. The van der Waals surface area contributed by atoms with Gasteiger partial charge < -0.3 is 10.5 Å². The molecule has 1 heterocycles. The molecule has 2 aromatic rings. The minimum atomic E-state index is -3.61. The predicted molar refractivity (Wildman–Crippen MR) is 106 cm³/mol. The van der Waals surface area contributed by atoms with Crippen LogP contribution in [0.4, 0.5) is 0 Å². The van der Waals surface area contributed by atoms with E-state index in [-0.39, 0.29) is 42.2 Å². The average molecular weight is 411 g/mol. The summed E-state index contributed by atoms with van der Waals surface area (Å²) >= 11 is 0. The zero-order chi connectivity index (χ0) is 18.7. The van der Waals surface area contributed by atoms with E-state index in [2.05, 4.69) is 0 Å². The van der Waals surface area contributed by atoms with Gasteiger partial charge in [0.1, 0.15) is 0 Å². The van der Waals surface area contributed by atoms with Crippen LogP contribution in [0.25, 0.3) is 0 Å².